The molecule has 0 fully saturated rings. The van der Waals surface area contributed by atoms with Crippen LogP contribution < -0.4 is 0 Å². The Balaban J connectivity index is 0.000000921. The van der Waals surface area contributed by atoms with Crippen molar-refractivity contribution in [2.45, 2.75) is 20.5 Å². The van der Waals surface area contributed by atoms with Crippen molar-refractivity contribution in [3.63, 3.8) is 0 Å². The Bertz CT molecular complexity index is 326. The normalized spacial score (nSPS) is 8.87. The lowest BCUT2D eigenvalue weighted by Crippen LogP contribution is -2.01. The molecule has 0 aromatic heterocycles. The number of rotatable bonds is 2. The first kappa shape index (κ1) is 14.1. The van der Waals surface area contributed by atoms with Crippen LogP contribution in [-0.2, 0) is 11.4 Å². The van der Waals surface area contributed by atoms with Gasteiger partial charge in [0, 0.05) is 4.47 Å². The number of halogens is 2. The minimum Gasteiger partial charge on any atom is -0.465 e. The van der Waals surface area contributed by atoms with Crippen LogP contribution in [0.1, 0.15) is 29.8 Å². The second-order valence-electron chi connectivity index (χ2n) is 2.47. The number of carbonyl (C=O) groups excluding carboxylic acids is 1. The third kappa shape index (κ3) is 4.42. The summed E-state index contributed by atoms with van der Waals surface area (Å²) in [5, 5.41) is 0. The molecule has 1 rings (SSSR count). The summed E-state index contributed by atoms with van der Waals surface area (Å²) in [4.78, 5) is 11.1. The fraction of sp³-hybridized carbons (Fsp3) is 0.364. The summed E-state index contributed by atoms with van der Waals surface area (Å²) in [6.45, 7) is 3.41. The molecule has 0 spiro atoms. The predicted octanol–water partition coefficient (Wildman–Crippen LogP) is 3.73. The lowest BCUT2D eigenvalue weighted by Gasteiger charge is -2.02. The quantitative estimate of drug-likeness (QED) is 0.770. The van der Waals surface area contributed by atoms with E-state index in [1.165, 1.54) is 13.2 Å². The lowest BCUT2D eigenvalue weighted by atomic mass is 10.1. The molecule has 0 aliphatic rings. The summed E-state index contributed by atoms with van der Waals surface area (Å²) in [7, 11) is 1.29. The Morgan fingerprint density at radius 3 is 2.47 bits per heavy atom. The average Bonchev–Trinajstić information content (AvgIpc) is 2.29. The van der Waals surface area contributed by atoms with Crippen LogP contribution in [0.3, 0.4) is 0 Å². The van der Waals surface area contributed by atoms with E-state index in [2.05, 4.69) is 20.7 Å². The van der Waals surface area contributed by atoms with Crippen LogP contribution in [0.15, 0.2) is 22.7 Å². The summed E-state index contributed by atoms with van der Waals surface area (Å²) in [6, 6.07) is 4.67. The topological polar surface area (TPSA) is 26.3 Å². The van der Waals surface area contributed by atoms with E-state index in [-0.39, 0.29) is 0 Å². The minimum absolute atomic E-state index is 0.351. The van der Waals surface area contributed by atoms with Crippen molar-refractivity contribution in [1.29, 1.82) is 0 Å². The maximum Gasteiger partial charge on any atom is 0.337 e. The molecule has 1 aromatic carbocycles. The third-order valence-corrected chi connectivity index (χ3v) is 1.99. The van der Waals surface area contributed by atoms with Crippen molar-refractivity contribution in [2.24, 2.45) is 0 Å². The van der Waals surface area contributed by atoms with Gasteiger partial charge < -0.3 is 4.74 Å². The molecule has 0 saturated heterocycles. The van der Waals surface area contributed by atoms with Crippen LogP contribution in [0, 0.1) is 0 Å². The standard InChI is InChI=1S/C9H8BrFO2.C2H6/c1-13-9(12)7-2-6(5-11)3-8(10)4-7;1-2/h2-4H,5H2,1H3;1-2H3. The molecule has 0 amide bonds. The predicted molar refractivity (Wildman–Crippen MR) is 61.6 cm³/mol. The number of hydrogen-bond acceptors (Lipinski definition) is 2. The fourth-order valence-electron chi connectivity index (χ4n) is 0.963. The van der Waals surface area contributed by atoms with Gasteiger partial charge in [-0.2, -0.15) is 0 Å². The summed E-state index contributed by atoms with van der Waals surface area (Å²) in [6.07, 6.45) is 0. The Kier molecular flexibility index (Phi) is 6.96. The van der Waals surface area contributed by atoms with Crippen LogP contribution in [0.4, 0.5) is 4.39 Å². The number of alkyl halides is 1. The molecule has 0 bridgehead atoms. The van der Waals surface area contributed by atoms with E-state index in [1.54, 1.807) is 12.1 Å². The summed E-state index contributed by atoms with van der Waals surface area (Å²) < 4.78 is 17.5. The highest BCUT2D eigenvalue weighted by Crippen LogP contribution is 2.17. The molecule has 84 valence electrons. The molecule has 0 atom stereocenters. The fourth-order valence-corrected chi connectivity index (χ4v) is 1.50. The summed E-state index contributed by atoms with van der Waals surface area (Å²) in [5.74, 6) is -0.462. The van der Waals surface area contributed by atoms with E-state index in [4.69, 9.17) is 0 Å². The van der Waals surface area contributed by atoms with Crippen molar-refractivity contribution >= 4 is 21.9 Å². The van der Waals surface area contributed by atoms with Crippen molar-refractivity contribution in [2.75, 3.05) is 7.11 Å². The summed E-state index contributed by atoms with van der Waals surface area (Å²) in [5.41, 5.74) is 0.805. The zero-order valence-corrected chi connectivity index (χ0v) is 10.6. The van der Waals surface area contributed by atoms with E-state index in [0.29, 0.717) is 15.6 Å². The van der Waals surface area contributed by atoms with Crippen LogP contribution in [-0.4, -0.2) is 13.1 Å². The largest absolute Gasteiger partial charge is 0.465 e. The maximum absolute atomic E-state index is 12.3. The molecule has 0 radical (unpaired) electrons. The first-order chi connectivity index (χ1) is 7.17. The monoisotopic (exact) mass is 276 g/mol. The Morgan fingerprint density at radius 2 is 2.00 bits per heavy atom. The highest BCUT2D eigenvalue weighted by atomic mass is 79.9. The van der Waals surface area contributed by atoms with E-state index >= 15 is 0 Å². The van der Waals surface area contributed by atoms with Crippen LogP contribution in [0.2, 0.25) is 0 Å². The Labute approximate surface area is 97.6 Å². The van der Waals surface area contributed by atoms with E-state index in [9.17, 15) is 9.18 Å². The minimum atomic E-state index is -0.594. The highest BCUT2D eigenvalue weighted by molar-refractivity contribution is 9.10. The number of carbonyl (C=O) groups is 1. The molecule has 15 heavy (non-hydrogen) atoms. The molecule has 0 aliphatic heterocycles. The van der Waals surface area contributed by atoms with Crippen LogP contribution in [0.5, 0.6) is 0 Å². The molecular formula is C11H14BrFO2. The van der Waals surface area contributed by atoms with Crippen LogP contribution in [0.25, 0.3) is 0 Å². The van der Waals surface area contributed by atoms with Gasteiger partial charge in [-0.15, -0.1) is 0 Å². The molecule has 1 aromatic rings. The first-order valence-corrected chi connectivity index (χ1v) is 5.40. The molecule has 0 aliphatic carbocycles. The number of ether oxygens (including phenoxy) is 1. The van der Waals surface area contributed by atoms with Crippen molar-refractivity contribution in [1.82, 2.24) is 0 Å². The Morgan fingerprint density at radius 1 is 1.40 bits per heavy atom. The van der Waals surface area contributed by atoms with E-state index in [0.717, 1.165) is 0 Å². The molecule has 0 heterocycles. The van der Waals surface area contributed by atoms with Gasteiger partial charge in [-0.05, 0) is 23.8 Å². The van der Waals surface area contributed by atoms with Gasteiger partial charge in [0.1, 0.15) is 6.67 Å². The zero-order chi connectivity index (χ0) is 11.8. The number of methoxy groups -OCH3 is 1. The smallest absolute Gasteiger partial charge is 0.337 e. The van der Waals surface area contributed by atoms with Gasteiger partial charge in [-0.3, -0.25) is 0 Å². The van der Waals surface area contributed by atoms with Gasteiger partial charge in [-0.1, -0.05) is 29.8 Å². The first-order valence-electron chi connectivity index (χ1n) is 4.61. The molecule has 0 saturated carbocycles. The molecule has 0 unspecified atom stereocenters. The maximum atomic E-state index is 12.3. The molecule has 0 N–H and O–H groups in total. The number of esters is 1. The molecule has 2 nitrogen and oxygen atoms in total. The van der Waals surface area contributed by atoms with E-state index < -0.39 is 12.6 Å². The lowest BCUT2D eigenvalue weighted by molar-refractivity contribution is 0.0600. The van der Waals surface area contributed by atoms with Gasteiger partial charge in [0.25, 0.3) is 0 Å². The van der Waals surface area contributed by atoms with Crippen molar-refractivity contribution < 1.29 is 13.9 Å². The number of benzene rings is 1. The van der Waals surface area contributed by atoms with Crippen LogP contribution >= 0.6 is 15.9 Å². The van der Waals surface area contributed by atoms with Gasteiger partial charge in [0.15, 0.2) is 0 Å². The Hall–Kier alpha value is -0.900. The van der Waals surface area contributed by atoms with Gasteiger partial charge >= 0.3 is 5.97 Å². The molecule has 4 heteroatoms. The second-order valence-corrected chi connectivity index (χ2v) is 3.39. The van der Waals surface area contributed by atoms with E-state index in [1.807, 2.05) is 13.8 Å². The third-order valence-electron chi connectivity index (χ3n) is 1.53. The van der Waals surface area contributed by atoms with Crippen molar-refractivity contribution in [3.8, 4) is 0 Å². The molecular weight excluding hydrogens is 263 g/mol. The van der Waals surface area contributed by atoms with Crippen molar-refractivity contribution in [3.05, 3.63) is 33.8 Å². The highest BCUT2D eigenvalue weighted by Gasteiger charge is 2.07. The number of hydrogen-bond donors (Lipinski definition) is 0. The average molecular weight is 277 g/mol. The van der Waals surface area contributed by atoms with Gasteiger partial charge in [-0.25, -0.2) is 9.18 Å². The second kappa shape index (κ2) is 7.40. The zero-order valence-electron chi connectivity index (χ0n) is 9.01. The van der Waals surface area contributed by atoms with Gasteiger partial charge in [0.05, 0.1) is 12.7 Å². The van der Waals surface area contributed by atoms with Gasteiger partial charge in [0.2, 0.25) is 0 Å². The SMILES string of the molecule is CC.COC(=O)c1cc(Br)cc(CF)c1. The summed E-state index contributed by atoms with van der Waals surface area (Å²) >= 11 is 3.18.